The van der Waals surface area contributed by atoms with E-state index in [0.717, 1.165) is 11.1 Å². The first kappa shape index (κ1) is 18.0. The Morgan fingerprint density at radius 2 is 1.56 bits per heavy atom. The van der Waals surface area contributed by atoms with E-state index in [4.69, 9.17) is 4.74 Å². The Morgan fingerprint density at radius 3 is 2.16 bits per heavy atom. The topological polar surface area (TPSA) is 32.8 Å². The largest absolute Gasteiger partial charge is 0.473 e. The van der Waals surface area contributed by atoms with E-state index >= 15 is 0 Å². The Kier molecular flexibility index (Phi) is 5.81. The molecule has 2 aromatic rings. The summed E-state index contributed by atoms with van der Waals surface area (Å²) < 4.78 is 8.10. The van der Waals surface area contributed by atoms with Gasteiger partial charge in [-0.1, -0.05) is 60.7 Å². The molecule has 3 rings (SSSR count). The Balaban J connectivity index is 1.77. The Labute approximate surface area is 164 Å². The van der Waals surface area contributed by atoms with Crippen molar-refractivity contribution in [2.75, 3.05) is 0 Å². The highest BCUT2D eigenvalue weighted by Gasteiger charge is 2.36. The van der Waals surface area contributed by atoms with E-state index in [2.05, 4.69) is 32.1 Å². The molecule has 0 aromatic heterocycles. The maximum absolute atomic E-state index is 12.8. The molecule has 0 spiro atoms. The van der Waals surface area contributed by atoms with Crippen LogP contribution in [0.25, 0.3) is 0 Å². The second-order valence-corrected chi connectivity index (χ2v) is 7.31. The molecule has 0 fully saturated rings. The van der Waals surface area contributed by atoms with Crippen LogP contribution < -0.4 is 0 Å². The highest BCUT2D eigenvalue weighted by Crippen LogP contribution is 2.33. The quantitative estimate of drug-likeness (QED) is 0.596. The maximum Gasteiger partial charge on any atom is 0.268 e. The third kappa shape index (κ3) is 4.07. The molecule has 6 heteroatoms. The van der Waals surface area contributed by atoms with Gasteiger partial charge < -0.3 is 9.64 Å². The van der Waals surface area contributed by atoms with E-state index in [0.29, 0.717) is 23.5 Å². The second kappa shape index (κ2) is 8.06. The van der Waals surface area contributed by atoms with Gasteiger partial charge in [-0.15, -0.1) is 0 Å². The predicted octanol–water partition coefficient (Wildman–Crippen LogP) is 4.77. The van der Waals surface area contributed by atoms with Crippen molar-refractivity contribution in [1.82, 2.24) is 8.83 Å². The lowest BCUT2D eigenvalue weighted by atomic mass is 10.2. The fourth-order valence-electron chi connectivity index (χ4n) is 2.61. The van der Waals surface area contributed by atoms with Gasteiger partial charge in [0.25, 0.3) is 5.91 Å². The van der Waals surface area contributed by atoms with Crippen LogP contribution >= 0.6 is 32.1 Å². The zero-order chi connectivity index (χ0) is 17.8. The van der Waals surface area contributed by atoms with Crippen LogP contribution in [-0.4, -0.2) is 20.9 Å². The zero-order valence-corrected chi connectivity index (χ0v) is 16.9. The second-order valence-electron chi connectivity index (χ2n) is 5.76. The van der Waals surface area contributed by atoms with Gasteiger partial charge in [0.1, 0.15) is 17.3 Å². The molecule has 1 unspecified atom stereocenters. The molecule has 0 bridgehead atoms. The van der Waals surface area contributed by atoms with Crippen LogP contribution in [0.5, 0.6) is 0 Å². The number of hydrogen-bond acceptors (Lipinski definition) is 3. The number of carbonyl (C=O) groups is 1. The summed E-state index contributed by atoms with van der Waals surface area (Å²) in [5.41, 5.74) is 2.13. The van der Waals surface area contributed by atoms with Crippen LogP contribution in [0, 0.1) is 0 Å². The molecular weight excluding hydrogens is 448 g/mol. The molecular formula is C19H18Br2N2O2. The van der Waals surface area contributed by atoms with Crippen LogP contribution in [0.3, 0.4) is 0 Å². The Hall–Kier alpha value is -1.79. The summed E-state index contributed by atoms with van der Waals surface area (Å²) in [5.74, 6) is 0.403. The zero-order valence-electron chi connectivity index (χ0n) is 13.7. The van der Waals surface area contributed by atoms with Crippen molar-refractivity contribution in [3.05, 3.63) is 82.2 Å². The van der Waals surface area contributed by atoms with Gasteiger partial charge in [-0.3, -0.25) is 8.72 Å². The number of rotatable bonds is 5. The lowest BCUT2D eigenvalue weighted by molar-refractivity contribution is -0.133. The average Bonchev–Trinajstić information content (AvgIpc) is 2.65. The van der Waals surface area contributed by atoms with Gasteiger partial charge in [-0.2, -0.15) is 0 Å². The SMILES string of the molecule is CC1N(Br)C(OCc2ccccc2)=C(Br)C(=O)N1Cc1ccccc1. The molecule has 25 heavy (non-hydrogen) atoms. The number of hydrogen-bond donors (Lipinski definition) is 0. The van der Waals surface area contributed by atoms with Crippen LogP contribution in [0.15, 0.2) is 71.0 Å². The standard InChI is InChI=1S/C19H18Br2N2O2/c1-14-22(12-15-8-4-2-5-9-15)18(24)17(20)19(23(14)21)25-13-16-10-6-3-7-11-16/h2-11,14H,12-13H2,1H3. The highest BCUT2D eigenvalue weighted by atomic mass is 79.9. The third-order valence-electron chi connectivity index (χ3n) is 4.02. The molecule has 1 amide bonds. The molecule has 1 atom stereocenters. The van der Waals surface area contributed by atoms with Crippen molar-refractivity contribution in [3.8, 4) is 0 Å². The number of benzene rings is 2. The summed E-state index contributed by atoms with van der Waals surface area (Å²) in [5, 5.41) is 0. The first-order valence-electron chi connectivity index (χ1n) is 7.94. The van der Waals surface area contributed by atoms with E-state index in [1.165, 1.54) is 0 Å². The van der Waals surface area contributed by atoms with Gasteiger partial charge in [0, 0.05) is 6.54 Å². The van der Waals surface area contributed by atoms with Crippen LogP contribution in [0.1, 0.15) is 18.1 Å². The maximum atomic E-state index is 12.8. The van der Waals surface area contributed by atoms with E-state index in [9.17, 15) is 4.79 Å². The van der Waals surface area contributed by atoms with Crippen LogP contribution in [-0.2, 0) is 22.7 Å². The van der Waals surface area contributed by atoms with Gasteiger partial charge in [0.15, 0.2) is 0 Å². The molecule has 0 radical (unpaired) electrons. The summed E-state index contributed by atoms with van der Waals surface area (Å²) in [4.78, 5) is 14.6. The summed E-state index contributed by atoms with van der Waals surface area (Å²) in [6.07, 6.45) is -0.181. The number of halogens is 2. The van der Waals surface area contributed by atoms with Gasteiger partial charge in [-0.05, 0) is 34.0 Å². The van der Waals surface area contributed by atoms with Crippen LogP contribution in [0.2, 0.25) is 0 Å². The molecule has 0 N–H and O–H groups in total. The Bertz CT molecular complexity index is 766. The number of ether oxygens (including phenoxy) is 1. The number of carbonyl (C=O) groups excluding carboxylic acids is 1. The van der Waals surface area contributed by atoms with Gasteiger partial charge in [0.05, 0.1) is 16.1 Å². The van der Waals surface area contributed by atoms with E-state index in [1.807, 2.05) is 67.6 Å². The van der Waals surface area contributed by atoms with Crippen molar-refractivity contribution in [1.29, 1.82) is 0 Å². The van der Waals surface area contributed by atoms with E-state index in [-0.39, 0.29) is 12.1 Å². The van der Waals surface area contributed by atoms with Gasteiger partial charge in [-0.25, -0.2) is 0 Å². The van der Waals surface area contributed by atoms with Crippen molar-refractivity contribution >= 4 is 38.0 Å². The van der Waals surface area contributed by atoms with Gasteiger partial charge >= 0.3 is 0 Å². The minimum atomic E-state index is -0.181. The van der Waals surface area contributed by atoms with Gasteiger partial charge in [0.2, 0.25) is 5.88 Å². The summed E-state index contributed by atoms with van der Waals surface area (Å²) >= 11 is 6.95. The Morgan fingerprint density at radius 1 is 1.00 bits per heavy atom. The average molecular weight is 466 g/mol. The molecule has 1 aliphatic rings. The lowest BCUT2D eigenvalue weighted by Crippen LogP contribution is -2.49. The highest BCUT2D eigenvalue weighted by molar-refractivity contribution is 9.12. The molecule has 0 saturated carbocycles. The predicted molar refractivity (Wildman–Crippen MR) is 104 cm³/mol. The number of nitrogens with zero attached hydrogens (tertiary/aromatic N) is 2. The van der Waals surface area contributed by atoms with Crippen molar-refractivity contribution in [2.45, 2.75) is 26.2 Å². The molecule has 1 aliphatic heterocycles. The van der Waals surface area contributed by atoms with Crippen LogP contribution in [0.4, 0.5) is 0 Å². The molecule has 1 heterocycles. The summed E-state index contributed by atoms with van der Waals surface area (Å²) in [6, 6.07) is 19.8. The molecule has 2 aromatic carbocycles. The van der Waals surface area contributed by atoms with E-state index in [1.54, 1.807) is 8.83 Å². The fraction of sp³-hybridized carbons (Fsp3) is 0.211. The lowest BCUT2D eigenvalue weighted by Gasteiger charge is -2.40. The molecule has 0 saturated heterocycles. The minimum absolute atomic E-state index is 0.0879. The smallest absolute Gasteiger partial charge is 0.268 e. The van der Waals surface area contributed by atoms with E-state index < -0.39 is 0 Å². The van der Waals surface area contributed by atoms with Crippen molar-refractivity contribution in [3.63, 3.8) is 0 Å². The molecule has 4 nitrogen and oxygen atoms in total. The van der Waals surface area contributed by atoms with Crippen molar-refractivity contribution in [2.24, 2.45) is 0 Å². The molecule has 130 valence electrons. The first-order valence-corrected chi connectivity index (χ1v) is 9.44. The number of amides is 1. The summed E-state index contributed by atoms with van der Waals surface area (Å²) in [6.45, 7) is 2.89. The first-order chi connectivity index (χ1) is 12.1. The summed E-state index contributed by atoms with van der Waals surface area (Å²) in [7, 11) is 0. The monoisotopic (exact) mass is 464 g/mol. The normalized spacial score (nSPS) is 17.9. The third-order valence-corrected chi connectivity index (χ3v) is 5.62. The van der Waals surface area contributed by atoms with Crippen molar-refractivity contribution < 1.29 is 9.53 Å². The minimum Gasteiger partial charge on any atom is -0.473 e. The fourth-order valence-corrected chi connectivity index (χ4v) is 3.88. The molecule has 0 aliphatic carbocycles.